The SMILES string of the molecule is O=C(NCCN1CCc2ccccc2C1=O)N1CCC2(CCOC2)C1. The van der Waals surface area contributed by atoms with Gasteiger partial charge in [0.25, 0.3) is 5.91 Å². The quantitative estimate of drug-likeness (QED) is 0.905. The number of ether oxygens (including phenoxy) is 1. The predicted molar refractivity (Wildman–Crippen MR) is 93.5 cm³/mol. The largest absolute Gasteiger partial charge is 0.381 e. The lowest BCUT2D eigenvalue weighted by Gasteiger charge is -2.29. The van der Waals surface area contributed by atoms with Crippen molar-refractivity contribution in [3.05, 3.63) is 35.4 Å². The van der Waals surface area contributed by atoms with E-state index in [1.807, 2.05) is 34.1 Å². The minimum absolute atomic E-state index is 0.0198. The lowest BCUT2D eigenvalue weighted by atomic mass is 9.87. The summed E-state index contributed by atoms with van der Waals surface area (Å²) < 4.78 is 5.51. The zero-order valence-corrected chi connectivity index (χ0v) is 14.5. The van der Waals surface area contributed by atoms with Crippen molar-refractivity contribution in [1.29, 1.82) is 0 Å². The van der Waals surface area contributed by atoms with E-state index in [0.717, 1.165) is 63.2 Å². The van der Waals surface area contributed by atoms with E-state index < -0.39 is 0 Å². The molecule has 134 valence electrons. The van der Waals surface area contributed by atoms with Crippen LogP contribution in [0.3, 0.4) is 0 Å². The Morgan fingerprint density at radius 1 is 1.24 bits per heavy atom. The molecule has 1 aromatic rings. The molecule has 3 aliphatic rings. The number of nitrogens with zero attached hydrogens (tertiary/aromatic N) is 2. The molecule has 1 N–H and O–H groups in total. The second-order valence-corrected chi connectivity index (χ2v) is 7.41. The molecule has 4 rings (SSSR count). The number of amides is 3. The van der Waals surface area contributed by atoms with Gasteiger partial charge in [0.2, 0.25) is 0 Å². The Balaban J connectivity index is 1.26. The van der Waals surface area contributed by atoms with Gasteiger partial charge in [-0.15, -0.1) is 0 Å². The highest BCUT2D eigenvalue weighted by Crippen LogP contribution is 2.38. The molecular weight excluding hydrogens is 318 g/mol. The summed E-state index contributed by atoms with van der Waals surface area (Å²) in [6.45, 7) is 4.94. The summed E-state index contributed by atoms with van der Waals surface area (Å²) in [7, 11) is 0. The van der Waals surface area contributed by atoms with Crippen LogP contribution < -0.4 is 5.32 Å². The number of carbonyl (C=O) groups is 2. The molecule has 0 radical (unpaired) electrons. The Hall–Kier alpha value is -2.08. The first kappa shape index (κ1) is 16.4. The van der Waals surface area contributed by atoms with Gasteiger partial charge in [0, 0.05) is 50.3 Å². The van der Waals surface area contributed by atoms with Gasteiger partial charge in [-0.2, -0.15) is 0 Å². The maximum Gasteiger partial charge on any atom is 0.317 e. The van der Waals surface area contributed by atoms with Crippen molar-refractivity contribution in [2.75, 3.05) is 45.9 Å². The monoisotopic (exact) mass is 343 g/mol. The van der Waals surface area contributed by atoms with Crippen LogP contribution in [-0.4, -0.2) is 67.7 Å². The molecule has 1 spiro atoms. The highest BCUT2D eigenvalue weighted by Gasteiger charge is 2.42. The number of hydrogen-bond donors (Lipinski definition) is 1. The highest BCUT2D eigenvalue weighted by molar-refractivity contribution is 5.96. The molecule has 0 aromatic heterocycles. The van der Waals surface area contributed by atoms with Crippen LogP contribution in [0, 0.1) is 5.41 Å². The first-order valence-corrected chi connectivity index (χ1v) is 9.15. The number of carbonyl (C=O) groups excluding carboxylic acids is 2. The van der Waals surface area contributed by atoms with Gasteiger partial charge in [-0.3, -0.25) is 4.79 Å². The fourth-order valence-corrected chi connectivity index (χ4v) is 4.18. The third kappa shape index (κ3) is 3.23. The summed E-state index contributed by atoms with van der Waals surface area (Å²) in [5.41, 5.74) is 2.10. The van der Waals surface area contributed by atoms with Crippen molar-refractivity contribution < 1.29 is 14.3 Å². The number of likely N-dealkylation sites (tertiary alicyclic amines) is 1. The topological polar surface area (TPSA) is 61.9 Å². The molecule has 1 atom stereocenters. The van der Waals surface area contributed by atoms with E-state index >= 15 is 0 Å². The Bertz CT molecular complexity index is 670. The van der Waals surface area contributed by atoms with Gasteiger partial charge in [0.05, 0.1) is 6.61 Å². The van der Waals surface area contributed by atoms with Crippen molar-refractivity contribution >= 4 is 11.9 Å². The van der Waals surface area contributed by atoms with Crippen molar-refractivity contribution in [2.24, 2.45) is 5.41 Å². The zero-order valence-electron chi connectivity index (χ0n) is 14.5. The third-order valence-corrected chi connectivity index (χ3v) is 5.75. The lowest BCUT2D eigenvalue weighted by Crippen LogP contribution is -2.45. The van der Waals surface area contributed by atoms with E-state index in [1.165, 1.54) is 0 Å². The van der Waals surface area contributed by atoms with E-state index in [1.54, 1.807) is 0 Å². The number of urea groups is 1. The lowest BCUT2D eigenvalue weighted by molar-refractivity contribution is 0.0740. The van der Waals surface area contributed by atoms with Crippen LogP contribution in [0.4, 0.5) is 4.79 Å². The Labute approximate surface area is 148 Å². The molecule has 0 bridgehead atoms. The van der Waals surface area contributed by atoms with Crippen LogP contribution in [0.5, 0.6) is 0 Å². The summed E-state index contributed by atoms with van der Waals surface area (Å²) in [4.78, 5) is 28.6. The first-order chi connectivity index (χ1) is 12.2. The molecule has 1 aromatic carbocycles. The Kier molecular flexibility index (Phi) is 4.37. The van der Waals surface area contributed by atoms with E-state index in [9.17, 15) is 9.59 Å². The van der Waals surface area contributed by atoms with Gasteiger partial charge in [-0.1, -0.05) is 18.2 Å². The first-order valence-electron chi connectivity index (χ1n) is 9.15. The predicted octanol–water partition coefficient (Wildman–Crippen LogP) is 1.51. The summed E-state index contributed by atoms with van der Waals surface area (Å²) >= 11 is 0. The Morgan fingerprint density at radius 3 is 2.96 bits per heavy atom. The average molecular weight is 343 g/mol. The van der Waals surface area contributed by atoms with E-state index in [2.05, 4.69) is 5.32 Å². The van der Waals surface area contributed by atoms with Crippen molar-refractivity contribution in [2.45, 2.75) is 19.3 Å². The standard InChI is InChI=1S/C19H25N3O3/c23-17-16-4-2-1-3-15(16)5-9-21(17)11-8-20-18(24)22-10-6-19(13-22)7-12-25-14-19/h1-4H,5-14H2,(H,20,24). The number of fused-ring (bicyclic) bond motifs is 1. The molecule has 1 unspecified atom stereocenters. The van der Waals surface area contributed by atoms with Crippen LogP contribution in [0.25, 0.3) is 0 Å². The molecule has 3 heterocycles. The van der Waals surface area contributed by atoms with Gasteiger partial charge >= 0.3 is 6.03 Å². The van der Waals surface area contributed by atoms with E-state index in [0.29, 0.717) is 13.1 Å². The fraction of sp³-hybridized carbons (Fsp3) is 0.579. The van der Waals surface area contributed by atoms with E-state index in [-0.39, 0.29) is 17.4 Å². The van der Waals surface area contributed by atoms with Crippen LogP contribution in [-0.2, 0) is 11.2 Å². The Morgan fingerprint density at radius 2 is 2.12 bits per heavy atom. The normalized spacial score (nSPS) is 25.5. The third-order valence-electron chi connectivity index (χ3n) is 5.75. The van der Waals surface area contributed by atoms with Crippen LogP contribution in [0.2, 0.25) is 0 Å². The molecule has 3 aliphatic heterocycles. The van der Waals surface area contributed by atoms with E-state index in [4.69, 9.17) is 4.74 Å². The van der Waals surface area contributed by atoms with Crippen molar-refractivity contribution in [3.8, 4) is 0 Å². The van der Waals surface area contributed by atoms with Crippen LogP contribution >= 0.6 is 0 Å². The summed E-state index contributed by atoms with van der Waals surface area (Å²) in [6, 6.07) is 7.75. The van der Waals surface area contributed by atoms with Gasteiger partial charge < -0.3 is 19.9 Å². The molecule has 2 saturated heterocycles. The molecule has 6 nitrogen and oxygen atoms in total. The molecule has 0 saturated carbocycles. The minimum Gasteiger partial charge on any atom is -0.381 e. The summed E-state index contributed by atoms with van der Waals surface area (Å²) in [5.74, 6) is 0.0688. The number of benzene rings is 1. The molecule has 2 fully saturated rings. The fourth-order valence-electron chi connectivity index (χ4n) is 4.18. The maximum atomic E-state index is 12.5. The number of rotatable bonds is 3. The molecule has 3 amide bonds. The average Bonchev–Trinajstić information content (AvgIpc) is 3.27. The summed E-state index contributed by atoms with van der Waals surface area (Å²) in [6.07, 6.45) is 2.96. The smallest absolute Gasteiger partial charge is 0.317 e. The molecule has 6 heteroatoms. The zero-order chi connectivity index (χ0) is 17.3. The van der Waals surface area contributed by atoms with Gasteiger partial charge in [-0.25, -0.2) is 4.79 Å². The van der Waals surface area contributed by atoms with Gasteiger partial charge in [0.15, 0.2) is 0 Å². The van der Waals surface area contributed by atoms with Gasteiger partial charge in [-0.05, 0) is 30.9 Å². The maximum absolute atomic E-state index is 12.5. The molecular formula is C19H25N3O3. The number of nitrogens with one attached hydrogen (secondary N) is 1. The van der Waals surface area contributed by atoms with Crippen molar-refractivity contribution in [1.82, 2.24) is 15.1 Å². The van der Waals surface area contributed by atoms with Gasteiger partial charge in [0.1, 0.15) is 0 Å². The summed E-state index contributed by atoms with van der Waals surface area (Å²) in [5, 5.41) is 2.98. The second kappa shape index (κ2) is 6.67. The van der Waals surface area contributed by atoms with Crippen molar-refractivity contribution in [3.63, 3.8) is 0 Å². The second-order valence-electron chi connectivity index (χ2n) is 7.41. The minimum atomic E-state index is -0.0198. The highest BCUT2D eigenvalue weighted by atomic mass is 16.5. The van der Waals surface area contributed by atoms with Crippen LogP contribution in [0.15, 0.2) is 24.3 Å². The molecule has 25 heavy (non-hydrogen) atoms. The molecule has 0 aliphatic carbocycles. The number of hydrogen-bond acceptors (Lipinski definition) is 3. The van der Waals surface area contributed by atoms with Crippen LogP contribution in [0.1, 0.15) is 28.8 Å².